The number of rotatable bonds is 5. The molecule has 1 atom stereocenters. The second-order valence-corrected chi connectivity index (χ2v) is 6.67. The van der Waals surface area contributed by atoms with Gasteiger partial charge in [-0.1, -0.05) is 6.92 Å². The molecule has 2 aromatic rings. The summed E-state index contributed by atoms with van der Waals surface area (Å²) < 4.78 is 0. The van der Waals surface area contributed by atoms with Crippen molar-refractivity contribution in [2.75, 3.05) is 0 Å². The van der Waals surface area contributed by atoms with Crippen LogP contribution in [-0.2, 0) is 6.42 Å². The molecule has 0 fully saturated rings. The van der Waals surface area contributed by atoms with Crippen LogP contribution in [0, 0.1) is 6.92 Å². The fourth-order valence-electron chi connectivity index (χ4n) is 1.90. The van der Waals surface area contributed by atoms with Gasteiger partial charge in [0.1, 0.15) is 5.01 Å². The van der Waals surface area contributed by atoms with Crippen molar-refractivity contribution < 1.29 is 14.7 Å². The van der Waals surface area contributed by atoms with Gasteiger partial charge in [-0.05, 0) is 31.9 Å². The number of carbonyl (C=O) groups excluding carboxylic acids is 1. The van der Waals surface area contributed by atoms with E-state index in [1.54, 1.807) is 6.92 Å². The lowest BCUT2D eigenvalue weighted by Gasteiger charge is -2.09. The SMILES string of the molecule is CCc1sc(C(=O)NC(C)c2nc(C(=O)O)cs2)cc1C. The van der Waals surface area contributed by atoms with Crippen LogP contribution >= 0.6 is 22.7 Å². The summed E-state index contributed by atoms with van der Waals surface area (Å²) in [5, 5.41) is 13.8. The summed E-state index contributed by atoms with van der Waals surface area (Å²) in [6.45, 7) is 5.85. The Balaban J connectivity index is 2.08. The van der Waals surface area contributed by atoms with Crippen LogP contribution in [0.15, 0.2) is 11.4 Å². The Labute approximate surface area is 130 Å². The van der Waals surface area contributed by atoms with E-state index in [9.17, 15) is 9.59 Å². The number of aromatic carboxylic acids is 1. The van der Waals surface area contributed by atoms with Gasteiger partial charge in [-0.25, -0.2) is 9.78 Å². The fraction of sp³-hybridized carbons (Fsp3) is 0.357. The number of hydrogen-bond acceptors (Lipinski definition) is 5. The van der Waals surface area contributed by atoms with Gasteiger partial charge in [0.15, 0.2) is 5.69 Å². The van der Waals surface area contributed by atoms with E-state index in [1.807, 2.05) is 13.0 Å². The van der Waals surface area contributed by atoms with Gasteiger partial charge in [0, 0.05) is 10.3 Å². The molecule has 2 aromatic heterocycles. The number of carbonyl (C=O) groups is 2. The summed E-state index contributed by atoms with van der Waals surface area (Å²) in [6.07, 6.45) is 0.911. The Kier molecular flexibility index (Phi) is 4.74. The summed E-state index contributed by atoms with van der Waals surface area (Å²) in [4.78, 5) is 28.9. The zero-order valence-electron chi connectivity index (χ0n) is 12.0. The van der Waals surface area contributed by atoms with Crippen LogP contribution in [-0.4, -0.2) is 22.0 Å². The number of carboxylic acid groups (broad SMARTS) is 1. The van der Waals surface area contributed by atoms with E-state index < -0.39 is 5.97 Å². The van der Waals surface area contributed by atoms with Crippen LogP contribution in [0.1, 0.15) is 55.5 Å². The van der Waals surface area contributed by atoms with Crippen LogP contribution in [0.3, 0.4) is 0 Å². The summed E-state index contributed by atoms with van der Waals surface area (Å²) in [7, 11) is 0. The number of thiophene rings is 1. The van der Waals surface area contributed by atoms with Crippen molar-refractivity contribution >= 4 is 34.6 Å². The van der Waals surface area contributed by atoms with Crippen LogP contribution in [0.25, 0.3) is 0 Å². The standard InChI is InChI=1S/C14H16N2O3S2/c1-4-10-7(2)5-11(21-10)12(17)15-8(3)13-16-9(6-20-13)14(18)19/h5-6,8H,4H2,1-3H3,(H,15,17)(H,18,19). The fourth-order valence-corrected chi connectivity index (χ4v) is 3.71. The molecule has 0 radical (unpaired) electrons. The number of aromatic nitrogens is 1. The smallest absolute Gasteiger partial charge is 0.355 e. The topological polar surface area (TPSA) is 79.3 Å². The maximum absolute atomic E-state index is 12.2. The lowest BCUT2D eigenvalue weighted by atomic mass is 10.2. The minimum atomic E-state index is -1.06. The molecule has 0 aliphatic heterocycles. The van der Waals surface area contributed by atoms with E-state index in [-0.39, 0.29) is 17.6 Å². The van der Waals surface area contributed by atoms with Gasteiger partial charge in [0.25, 0.3) is 5.91 Å². The minimum Gasteiger partial charge on any atom is -0.476 e. The number of nitrogens with one attached hydrogen (secondary N) is 1. The van der Waals surface area contributed by atoms with Crippen molar-refractivity contribution in [3.8, 4) is 0 Å². The summed E-state index contributed by atoms with van der Waals surface area (Å²) in [6, 6.07) is 1.57. The molecule has 2 rings (SSSR count). The summed E-state index contributed by atoms with van der Waals surface area (Å²) in [5.41, 5.74) is 1.14. The van der Waals surface area contributed by atoms with E-state index in [2.05, 4.69) is 17.2 Å². The average molecular weight is 324 g/mol. The predicted molar refractivity (Wildman–Crippen MR) is 83.4 cm³/mol. The van der Waals surface area contributed by atoms with Gasteiger partial charge in [0.05, 0.1) is 10.9 Å². The van der Waals surface area contributed by atoms with E-state index in [0.29, 0.717) is 9.88 Å². The third-order valence-electron chi connectivity index (χ3n) is 3.02. The zero-order chi connectivity index (χ0) is 15.6. The first-order valence-electron chi connectivity index (χ1n) is 6.51. The molecular weight excluding hydrogens is 308 g/mol. The lowest BCUT2D eigenvalue weighted by Crippen LogP contribution is -2.25. The van der Waals surface area contributed by atoms with E-state index in [4.69, 9.17) is 5.11 Å². The van der Waals surface area contributed by atoms with Crippen molar-refractivity contribution in [3.63, 3.8) is 0 Å². The minimum absolute atomic E-state index is 0.0105. The van der Waals surface area contributed by atoms with Gasteiger partial charge in [-0.3, -0.25) is 4.79 Å². The molecule has 0 aliphatic carbocycles. The second kappa shape index (κ2) is 6.36. The molecular formula is C14H16N2O3S2. The Morgan fingerprint density at radius 3 is 2.71 bits per heavy atom. The van der Waals surface area contributed by atoms with Gasteiger partial charge < -0.3 is 10.4 Å². The molecule has 1 unspecified atom stereocenters. The number of thiazole rings is 1. The third kappa shape index (κ3) is 3.48. The maximum Gasteiger partial charge on any atom is 0.355 e. The number of carboxylic acids is 1. The molecule has 5 nitrogen and oxygen atoms in total. The van der Waals surface area contributed by atoms with E-state index in [0.717, 1.165) is 12.0 Å². The molecule has 2 N–H and O–H groups in total. The van der Waals surface area contributed by atoms with Crippen LogP contribution < -0.4 is 5.32 Å². The quantitative estimate of drug-likeness (QED) is 0.884. The Morgan fingerprint density at radius 2 is 2.19 bits per heavy atom. The van der Waals surface area contributed by atoms with Crippen LogP contribution in [0.4, 0.5) is 0 Å². The molecule has 0 aromatic carbocycles. The largest absolute Gasteiger partial charge is 0.476 e. The Hall–Kier alpha value is -1.73. The molecule has 0 bridgehead atoms. The van der Waals surface area contributed by atoms with Crippen molar-refractivity contribution in [3.05, 3.63) is 37.5 Å². The second-order valence-electron chi connectivity index (χ2n) is 4.64. The van der Waals surface area contributed by atoms with Gasteiger partial charge in [-0.15, -0.1) is 22.7 Å². The summed E-state index contributed by atoms with van der Waals surface area (Å²) in [5.74, 6) is -1.21. The molecule has 0 spiro atoms. The Bertz CT molecular complexity index is 676. The summed E-state index contributed by atoms with van der Waals surface area (Å²) >= 11 is 2.72. The molecule has 1 amide bonds. The highest BCUT2D eigenvalue weighted by Crippen LogP contribution is 2.24. The molecule has 7 heteroatoms. The first-order chi connectivity index (χ1) is 9.92. The predicted octanol–water partition coefficient (Wildman–Crippen LogP) is 3.26. The highest BCUT2D eigenvalue weighted by atomic mass is 32.1. The van der Waals surface area contributed by atoms with E-state index >= 15 is 0 Å². The highest BCUT2D eigenvalue weighted by molar-refractivity contribution is 7.14. The maximum atomic E-state index is 12.2. The third-order valence-corrected chi connectivity index (χ3v) is 5.43. The number of amides is 1. The van der Waals surface area contributed by atoms with Gasteiger partial charge >= 0.3 is 5.97 Å². The van der Waals surface area contributed by atoms with Gasteiger partial charge in [-0.2, -0.15) is 0 Å². The van der Waals surface area contributed by atoms with Crippen LogP contribution in [0.5, 0.6) is 0 Å². The number of nitrogens with zero attached hydrogens (tertiary/aromatic N) is 1. The highest BCUT2D eigenvalue weighted by Gasteiger charge is 2.18. The molecule has 0 aliphatic rings. The normalized spacial score (nSPS) is 12.1. The molecule has 0 saturated carbocycles. The lowest BCUT2D eigenvalue weighted by molar-refractivity contribution is 0.0691. The zero-order valence-corrected chi connectivity index (χ0v) is 13.6. The first kappa shape index (κ1) is 15.7. The number of hydrogen-bond donors (Lipinski definition) is 2. The van der Waals surface area contributed by atoms with Crippen molar-refractivity contribution in [1.29, 1.82) is 0 Å². The van der Waals surface area contributed by atoms with Crippen LogP contribution in [0.2, 0.25) is 0 Å². The van der Waals surface area contributed by atoms with Crippen molar-refractivity contribution in [2.45, 2.75) is 33.2 Å². The average Bonchev–Trinajstić information content (AvgIpc) is 3.04. The molecule has 0 saturated heterocycles. The molecule has 21 heavy (non-hydrogen) atoms. The van der Waals surface area contributed by atoms with E-state index in [1.165, 1.54) is 32.9 Å². The first-order valence-corrected chi connectivity index (χ1v) is 8.20. The number of aryl methyl sites for hydroxylation is 2. The van der Waals surface area contributed by atoms with Crippen molar-refractivity contribution in [2.24, 2.45) is 0 Å². The molecule has 112 valence electrons. The molecule has 2 heterocycles. The van der Waals surface area contributed by atoms with Gasteiger partial charge in [0.2, 0.25) is 0 Å². The van der Waals surface area contributed by atoms with Crippen molar-refractivity contribution in [1.82, 2.24) is 10.3 Å². The Morgan fingerprint density at radius 1 is 1.48 bits per heavy atom. The monoisotopic (exact) mass is 324 g/mol.